The van der Waals surface area contributed by atoms with E-state index in [1.54, 1.807) is 0 Å². The first kappa shape index (κ1) is 14.3. The quantitative estimate of drug-likeness (QED) is 0.796. The third-order valence-electron chi connectivity index (χ3n) is 2.99. The Morgan fingerprint density at radius 1 is 1.32 bits per heavy atom. The summed E-state index contributed by atoms with van der Waals surface area (Å²) >= 11 is 3.22. The highest BCUT2D eigenvalue weighted by atomic mass is 79.9. The van der Waals surface area contributed by atoms with Crippen molar-refractivity contribution in [1.29, 1.82) is 0 Å². The molecule has 0 saturated heterocycles. The van der Waals surface area contributed by atoms with E-state index >= 15 is 0 Å². The molecule has 0 spiro atoms. The molecule has 0 amide bonds. The van der Waals surface area contributed by atoms with Crippen LogP contribution in [0.5, 0.6) is 0 Å². The van der Waals surface area contributed by atoms with Crippen molar-refractivity contribution < 1.29 is 4.39 Å². The second-order valence-corrected chi connectivity index (χ2v) is 5.41. The van der Waals surface area contributed by atoms with Gasteiger partial charge in [0.25, 0.3) is 0 Å². The number of rotatable bonds is 6. The van der Waals surface area contributed by atoms with Gasteiger partial charge < -0.3 is 9.88 Å². The van der Waals surface area contributed by atoms with Crippen molar-refractivity contribution in [2.24, 2.45) is 0 Å². The Bertz CT molecular complexity index is 537. The number of nitrogens with zero attached hydrogens (tertiary/aromatic N) is 1. The second-order valence-electron chi connectivity index (χ2n) is 4.55. The van der Waals surface area contributed by atoms with Crippen LogP contribution >= 0.6 is 15.9 Å². The lowest BCUT2D eigenvalue weighted by molar-refractivity contribution is 0.616. The van der Waals surface area contributed by atoms with Gasteiger partial charge in [0.2, 0.25) is 0 Å². The molecule has 0 bridgehead atoms. The first-order valence-corrected chi connectivity index (χ1v) is 7.28. The molecule has 1 aromatic carbocycles. The average molecular weight is 325 g/mol. The molecule has 102 valence electrons. The number of aromatic nitrogens is 1. The lowest BCUT2D eigenvalue weighted by Crippen LogP contribution is -2.17. The molecule has 1 aromatic heterocycles. The molecule has 1 heterocycles. The third-order valence-corrected chi connectivity index (χ3v) is 3.60. The molecule has 0 aliphatic heterocycles. The van der Waals surface area contributed by atoms with E-state index < -0.39 is 0 Å². The molecule has 0 saturated carbocycles. The third kappa shape index (κ3) is 3.91. The molecule has 2 nitrogen and oxygen atoms in total. The van der Waals surface area contributed by atoms with Crippen LogP contribution in [-0.4, -0.2) is 11.1 Å². The van der Waals surface area contributed by atoms with E-state index in [-0.39, 0.29) is 5.82 Å². The Balaban J connectivity index is 2.06. The zero-order chi connectivity index (χ0) is 13.7. The minimum absolute atomic E-state index is 0.221. The summed E-state index contributed by atoms with van der Waals surface area (Å²) in [6.45, 7) is 4.80. The summed E-state index contributed by atoms with van der Waals surface area (Å²) in [5.41, 5.74) is 2.33. The topological polar surface area (TPSA) is 17.0 Å². The highest BCUT2D eigenvalue weighted by Gasteiger charge is 2.04. The fraction of sp³-hybridized carbons (Fsp3) is 0.333. The number of hydrogen-bond acceptors (Lipinski definition) is 1. The zero-order valence-corrected chi connectivity index (χ0v) is 12.6. The van der Waals surface area contributed by atoms with Crippen molar-refractivity contribution >= 4 is 15.9 Å². The van der Waals surface area contributed by atoms with Crippen molar-refractivity contribution in [1.82, 2.24) is 9.88 Å². The van der Waals surface area contributed by atoms with Gasteiger partial charge in [-0.3, -0.25) is 0 Å². The van der Waals surface area contributed by atoms with Gasteiger partial charge in [0.05, 0.1) is 4.47 Å². The number of halogens is 2. The van der Waals surface area contributed by atoms with Gasteiger partial charge in [-0.25, -0.2) is 4.39 Å². The molecule has 0 aliphatic rings. The molecule has 4 heteroatoms. The van der Waals surface area contributed by atoms with Crippen LogP contribution in [0.4, 0.5) is 4.39 Å². The molecule has 2 aromatic rings. The van der Waals surface area contributed by atoms with Crippen LogP contribution in [0, 0.1) is 5.82 Å². The summed E-state index contributed by atoms with van der Waals surface area (Å²) in [5.74, 6) is -0.221. The normalized spacial score (nSPS) is 10.9. The van der Waals surface area contributed by atoms with Crippen molar-refractivity contribution in [3.05, 3.63) is 58.1 Å². The number of benzene rings is 1. The molecule has 0 aliphatic carbocycles. The first-order valence-electron chi connectivity index (χ1n) is 6.49. The lowest BCUT2D eigenvalue weighted by Gasteiger charge is -2.10. The largest absolute Gasteiger partial charge is 0.346 e. The number of nitrogens with one attached hydrogen (secondary N) is 1. The lowest BCUT2D eigenvalue weighted by atomic mass is 10.2. The summed E-state index contributed by atoms with van der Waals surface area (Å²) in [6, 6.07) is 9.31. The SMILES string of the molecule is CCCNCc1cccn1Cc1ccc(F)c(Br)c1. The van der Waals surface area contributed by atoms with Gasteiger partial charge in [-0.2, -0.15) is 0 Å². The predicted molar refractivity (Wildman–Crippen MR) is 79.6 cm³/mol. The molecular formula is C15H18BrFN2. The molecule has 0 fully saturated rings. The van der Waals surface area contributed by atoms with Gasteiger partial charge in [-0.05, 0) is 58.7 Å². The first-order chi connectivity index (χ1) is 9.20. The monoisotopic (exact) mass is 324 g/mol. The molecule has 2 rings (SSSR count). The molecular weight excluding hydrogens is 307 g/mol. The molecule has 0 unspecified atom stereocenters. The highest BCUT2D eigenvalue weighted by molar-refractivity contribution is 9.10. The van der Waals surface area contributed by atoms with Crippen molar-refractivity contribution in [3.63, 3.8) is 0 Å². The standard InChI is InChI=1S/C15H18BrFN2/c1-2-7-18-10-13-4-3-8-19(13)11-12-5-6-15(17)14(16)9-12/h3-6,8-9,18H,2,7,10-11H2,1H3. The maximum atomic E-state index is 13.2. The van der Waals surface area contributed by atoms with Crippen LogP contribution in [0.3, 0.4) is 0 Å². The Kier molecular flexibility index (Phi) is 5.16. The highest BCUT2D eigenvalue weighted by Crippen LogP contribution is 2.18. The average Bonchev–Trinajstić information content (AvgIpc) is 2.82. The van der Waals surface area contributed by atoms with Gasteiger partial charge in [-0.15, -0.1) is 0 Å². The smallest absolute Gasteiger partial charge is 0.137 e. The summed E-state index contributed by atoms with van der Waals surface area (Å²) < 4.78 is 15.9. The second kappa shape index (κ2) is 6.87. The Morgan fingerprint density at radius 3 is 2.89 bits per heavy atom. The van der Waals surface area contributed by atoms with Crippen LogP contribution in [0.1, 0.15) is 24.6 Å². The van der Waals surface area contributed by atoms with E-state index in [2.05, 4.69) is 45.0 Å². The Morgan fingerprint density at radius 2 is 2.16 bits per heavy atom. The van der Waals surface area contributed by atoms with Crippen LogP contribution in [0.2, 0.25) is 0 Å². The van der Waals surface area contributed by atoms with Gasteiger partial charge in [0, 0.05) is 25.0 Å². The molecule has 19 heavy (non-hydrogen) atoms. The minimum atomic E-state index is -0.221. The summed E-state index contributed by atoms with van der Waals surface area (Å²) in [7, 11) is 0. The zero-order valence-electron chi connectivity index (χ0n) is 11.0. The maximum Gasteiger partial charge on any atom is 0.137 e. The summed E-state index contributed by atoms with van der Waals surface area (Å²) in [4.78, 5) is 0. The van der Waals surface area contributed by atoms with Crippen LogP contribution in [0.25, 0.3) is 0 Å². The van der Waals surface area contributed by atoms with Gasteiger partial charge >= 0.3 is 0 Å². The van der Waals surface area contributed by atoms with Crippen LogP contribution < -0.4 is 5.32 Å². The maximum absolute atomic E-state index is 13.2. The fourth-order valence-corrected chi connectivity index (χ4v) is 2.42. The predicted octanol–water partition coefficient (Wildman–Crippen LogP) is 3.94. The summed E-state index contributed by atoms with van der Waals surface area (Å²) in [5, 5.41) is 3.39. The van der Waals surface area contributed by atoms with Crippen molar-refractivity contribution in [2.45, 2.75) is 26.4 Å². The van der Waals surface area contributed by atoms with Crippen LogP contribution in [-0.2, 0) is 13.1 Å². The van der Waals surface area contributed by atoms with Crippen molar-refractivity contribution in [3.8, 4) is 0 Å². The van der Waals surface area contributed by atoms with E-state index in [1.807, 2.05) is 18.2 Å². The van der Waals surface area contributed by atoms with Crippen molar-refractivity contribution in [2.75, 3.05) is 6.54 Å². The minimum Gasteiger partial charge on any atom is -0.346 e. The fourth-order valence-electron chi connectivity index (χ4n) is 1.99. The van der Waals surface area contributed by atoms with E-state index in [1.165, 1.54) is 11.8 Å². The van der Waals surface area contributed by atoms with E-state index in [0.29, 0.717) is 4.47 Å². The van der Waals surface area contributed by atoms with Crippen LogP contribution in [0.15, 0.2) is 41.0 Å². The molecule has 0 atom stereocenters. The van der Waals surface area contributed by atoms with E-state index in [0.717, 1.165) is 31.6 Å². The van der Waals surface area contributed by atoms with E-state index in [4.69, 9.17) is 0 Å². The summed E-state index contributed by atoms with van der Waals surface area (Å²) in [6.07, 6.45) is 3.19. The van der Waals surface area contributed by atoms with Gasteiger partial charge in [0.1, 0.15) is 5.82 Å². The van der Waals surface area contributed by atoms with Gasteiger partial charge in [0.15, 0.2) is 0 Å². The molecule has 0 radical (unpaired) electrons. The molecule has 1 N–H and O–H groups in total. The van der Waals surface area contributed by atoms with E-state index in [9.17, 15) is 4.39 Å². The Labute approximate surface area is 121 Å². The Hall–Kier alpha value is -1.13. The van der Waals surface area contributed by atoms with Gasteiger partial charge in [-0.1, -0.05) is 13.0 Å². The number of hydrogen-bond donors (Lipinski definition) is 1.